The summed E-state index contributed by atoms with van der Waals surface area (Å²) in [7, 11) is 0. The van der Waals surface area contributed by atoms with Crippen molar-refractivity contribution in [1.29, 1.82) is 0 Å². The number of hydrogen-bond donors (Lipinski definition) is 1. The Hall–Kier alpha value is -3.79. The lowest BCUT2D eigenvalue weighted by Gasteiger charge is -2.17. The molecule has 0 spiro atoms. The lowest BCUT2D eigenvalue weighted by atomic mass is 9.91. The Morgan fingerprint density at radius 2 is 1.63 bits per heavy atom. The summed E-state index contributed by atoms with van der Waals surface area (Å²) in [6, 6.07) is 8.94. The quantitative estimate of drug-likeness (QED) is 0.244. The Morgan fingerprint density at radius 1 is 0.971 bits per heavy atom. The minimum atomic E-state index is -4.82. The molecular weight excluding hydrogens is 500 g/mol. The normalized spacial score (nSPS) is 11.6. The van der Waals surface area contributed by atoms with Crippen molar-refractivity contribution in [1.82, 2.24) is 0 Å². The molecule has 0 radical (unpaired) electrons. The molecule has 4 rings (SSSR count). The van der Waals surface area contributed by atoms with Gasteiger partial charge in [0, 0.05) is 28.1 Å². The van der Waals surface area contributed by atoms with Crippen LogP contribution in [0, 0.1) is 17.5 Å². The smallest absolute Gasteiger partial charge is 0.417 e. The molecule has 11 heteroatoms. The van der Waals surface area contributed by atoms with Crippen molar-refractivity contribution < 1.29 is 35.6 Å². The van der Waals surface area contributed by atoms with Crippen LogP contribution in [0.25, 0.3) is 22.1 Å². The fourth-order valence-electron chi connectivity index (χ4n) is 3.63. The van der Waals surface area contributed by atoms with E-state index in [0.717, 1.165) is 18.2 Å². The van der Waals surface area contributed by atoms with Crippen LogP contribution < -0.4 is 10.9 Å². The van der Waals surface area contributed by atoms with Gasteiger partial charge in [-0.3, -0.25) is 4.79 Å². The average molecular weight is 512 g/mol. The second kappa shape index (κ2) is 9.10. The van der Waals surface area contributed by atoms with Crippen LogP contribution in [0.5, 0.6) is 0 Å². The molecule has 1 aromatic heterocycles. The molecule has 1 amide bonds. The Balaban J connectivity index is 1.91. The monoisotopic (exact) mass is 511 g/mol. The molecule has 0 saturated heterocycles. The first-order chi connectivity index (χ1) is 16.5. The van der Waals surface area contributed by atoms with Crippen LogP contribution in [0.4, 0.5) is 32.0 Å². The number of carbonyl (C=O) groups is 1. The van der Waals surface area contributed by atoms with E-state index in [4.69, 9.17) is 16.0 Å². The Kier molecular flexibility index (Phi) is 6.33. The number of carbonyl (C=O) groups excluding carboxylic acids is 1. The molecule has 4 aromatic rings. The molecule has 0 bridgehead atoms. The molecule has 0 atom stereocenters. The SMILES string of the molecule is O=C(Cc1c(-c2ccccc2C(F)(F)F)c2cc(Cl)ccc2oc1=O)Nc1c(F)cc(F)cc1F. The van der Waals surface area contributed by atoms with Gasteiger partial charge in [-0.05, 0) is 29.8 Å². The molecule has 4 nitrogen and oxygen atoms in total. The molecular formula is C24H12ClF6NO3. The third kappa shape index (κ3) is 4.88. The van der Waals surface area contributed by atoms with Gasteiger partial charge in [-0.1, -0.05) is 29.8 Å². The van der Waals surface area contributed by atoms with Crippen molar-refractivity contribution in [2.24, 2.45) is 0 Å². The molecule has 0 unspecified atom stereocenters. The van der Waals surface area contributed by atoms with E-state index in [2.05, 4.69) is 0 Å². The highest BCUT2D eigenvalue weighted by molar-refractivity contribution is 6.31. The van der Waals surface area contributed by atoms with Gasteiger partial charge < -0.3 is 9.73 Å². The minimum absolute atomic E-state index is 0.00995. The maximum absolute atomic E-state index is 14.0. The molecule has 0 aliphatic carbocycles. The number of hydrogen-bond acceptors (Lipinski definition) is 3. The Bertz CT molecular complexity index is 1510. The second-order valence-corrected chi connectivity index (χ2v) is 7.83. The first-order valence-corrected chi connectivity index (χ1v) is 10.2. The van der Waals surface area contributed by atoms with Gasteiger partial charge in [0.05, 0.1) is 17.5 Å². The van der Waals surface area contributed by atoms with E-state index < -0.39 is 64.0 Å². The summed E-state index contributed by atoms with van der Waals surface area (Å²) in [6.45, 7) is 0. The average Bonchev–Trinajstić information content (AvgIpc) is 2.76. The molecule has 0 fully saturated rings. The summed E-state index contributed by atoms with van der Waals surface area (Å²) in [5.41, 5.74) is -4.51. The predicted molar refractivity (Wildman–Crippen MR) is 117 cm³/mol. The summed E-state index contributed by atoms with van der Waals surface area (Å²) >= 11 is 6.03. The molecule has 0 aliphatic rings. The molecule has 35 heavy (non-hydrogen) atoms. The summed E-state index contributed by atoms with van der Waals surface area (Å²) < 4.78 is 87.6. The molecule has 3 aromatic carbocycles. The van der Waals surface area contributed by atoms with Gasteiger partial charge in [0.2, 0.25) is 5.91 Å². The van der Waals surface area contributed by atoms with Gasteiger partial charge in [0.25, 0.3) is 0 Å². The topological polar surface area (TPSA) is 59.3 Å². The molecule has 1 N–H and O–H groups in total. The van der Waals surface area contributed by atoms with Crippen LogP contribution in [-0.2, 0) is 17.4 Å². The first kappa shape index (κ1) is 24.3. The fraction of sp³-hybridized carbons (Fsp3) is 0.0833. The van der Waals surface area contributed by atoms with E-state index in [1.807, 2.05) is 5.32 Å². The maximum Gasteiger partial charge on any atom is 0.417 e. The summed E-state index contributed by atoms with van der Waals surface area (Å²) in [5.74, 6) is -5.23. The van der Waals surface area contributed by atoms with Crippen molar-refractivity contribution in [2.45, 2.75) is 12.6 Å². The third-order valence-corrected chi connectivity index (χ3v) is 5.31. The van der Waals surface area contributed by atoms with Gasteiger partial charge in [0.15, 0.2) is 11.6 Å². The number of anilines is 1. The van der Waals surface area contributed by atoms with E-state index in [9.17, 15) is 35.9 Å². The standard InChI is InChI=1S/C24H12ClF6NO3/c25-11-5-6-19-14(7-11)21(13-3-1-2-4-16(13)24(29,30)31)15(23(34)35-19)10-20(33)32-22-17(27)8-12(26)9-18(22)28/h1-9H,10H2,(H,32,33). The molecule has 0 aliphatic heterocycles. The number of amides is 1. The zero-order valence-electron chi connectivity index (χ0n) is 17.3. The number of nitrogens with one attached hydrogen (secondary N) is 1. The second-order valence-electron chi connectivity index (χ2n) is 7.40. The Morgan fingerprint density at radius 3 is 2.29 bits per heavy atom. The largest absolute Gasteiger partial charge is 0.422 e. The van der Waals surface area contributed by atoms with E-state index in [0.29, 0.717) is 12.1 Å². The van der Waals surface area contributed by atoms with Crippen molar-refractivity contribution in [2.75, 3.05) is 5.32 Å². The highest BCUT2D eigenvalue weighted by atomic mass is 35.5. The number of fused-ring (bicyclic) bond motifs is 1. The number of alkyl halides is 3. The van der Waals surface area contributed by atoms with Crippen LogP contribution in [0.2, 0.25) is 5.02 Å². The molecule has 1 heterocycles. The molecule has 180 valence electrons. The zero-order chi connectivity index (χ0) is 25.5. The number of rotatable bonds is 4. The summed E-state index contributed by atoms with van der Waals surface area (Å²) in [5, 5.41) is 2.00. The summed E-state index contributed by atoms with van der Waals surface area (Å²) in [4.78, 5) is 25.4. The van der Waals surface area contributed by atoms with Crippen molar-refractivity contribution in [3.63, 3.8) is 0 Å². The first-order valence-electron chi connectivity index (χ1n) is 9.82. The lowest BCUT2D eigenvalue weighted by Crippen LogP contribution is -2.22. The predicted octanol–water partition coefficient (Wildman–Crippen LogP) is 6.73. The zero-order valence-corrected chi connectivity index (χ0v) is 18.0. The number of benzene rings is 3. The van der Waals surface area contributed by atoms with Gasteiger partial charge in [-0.2, -0.15) is 13.2 Å². The van der Waals surface area contributed by atoms with Crippen molar-refractivity contribution >= 4 is 34.2 Å². The van der Waals surface area contributed by atoms with E-state index in [1.165, 1.54) is 24.3 Å². The highest BCUT2D eigenvalue weighted by Crippen LogP contribution is 2.41. The van der Waals surface area contributed by atoms with E-state index in [1.54, 1.807) is 0 Å². The Labute approximate surface area is 197 Å². The number of halogens is 7. The fourth-order valence-corrected chi connectivity index (χ4v) is 3.81. The van der Waals surface area contributed by atoms with Crippen LogP contribution in [0.1, 0.15) is 11.1 Å². The maximum atomic E-state index is 14.0. The van der Waals surface area contributed by atoms with Gasteiger partial charge in [-0.15, -0.1) is 0 Å². The van der Waals surface area contributed by atoms with Crippen molar-refractivity contribution in [3.05, 3.63) is 98.6 Å². The highest BCUT2D eigenvalue weighted by Gasteiger charge is 2.35. The minimum Gasteiger partial charge on any atom is -0.422 e. The summed E-state index contributed by atoms with van der Waals surface area (Å²) in [6.07, 6.45) is -5.74. The van der Waals surface area contributed by atoms with Gasteiger partial charge >= 0.3 is 11.8 Å². The van der Waals surface area contributed by atoms with Crippen LogP contribution in [0.15, 0.2) is 63.8 Å². The molecule has 0 saturated carbocycles. The van der Waals surface area contributed by atoms with E-state index >= 15 is 0 Å². The van der Waals surface area contributed by atoms with Gasteiger partial charge in [0.1, 0.15) is 17.1 Å². The van der Waals surface area contributed by atoms with Crippen LogP contribution in [-0.4, -0.2) is 5.91 Å². The lowest BCUT2D eigenvalue weighted by molar-refractivity contribution is -0.137. The van der Waals surface area contributed by atoms with Crippen molar-refractivity contribution in [3.8, 4) is 11.1 Å². The third-order valence-electron chi connectivity index (χ3n) is 5.07. The van der Waals surface area contributed by atoms with E-state index in [-0.39, 0.29) is 21.6 Å². The van der Waals surface area contributed by atoms with Gasteiger partial charge in [-0.25, -0.2) is 18.0 Å². The van der Waals surface area contributed by atoms with Crippen LogP contribution >= 0.6 is 11.6 Å². The van der Waals surface area contributed by atoms with Crippen LogP contribution in [0.3, 0.4) is 0 Å².